The minimum absolute atomic E-state index is 0.0246. The second kappa shape index (κ2) is 5.58. The minimum Gasteiger partial charge on any atom is -0.390 e. The number of carbonyl (C=O) groups excluding carboxylic acids is 1. The van der Waals surface area contributed by atoms with E-state index in [1.807, 2.05) is 6.92 Å². The lowest BCUT2D eigenvalue weighted by Crippen LogP contribution is -2.48. The van der Waals surface area contributed by atoms with Gasteiger partial charge in [-0.25, -0.2) is 0 Å². The van der Waals surface area contributed by atoms with Gasteiger partial charge in [0.25, 0.3) is 0 Å². The third-order valence-corrected chi connectivity index (χ3v) is 2.75. The zero-order chi connectivity index (χ0) is 11.4. The van der Waals surface area contributed by atoms with Crippen molar-refractivity contribution < 1.29 is 19.7 Å². The first kappa shape index (κ1) is 12.6. The molecule has 1 fully saturated rings. The molecule has 0 unspecified atom stereocenters. The highest BCUT2D eigenvalue weighted by Gasteiger charge is 2.36. The van der Waals surface area contributed by atoms with Gasteiger partial charge in [-0.2, -0.15) is 0 Å². The van der Waals surface area contributed by atoms with Crippen LogP contribution in [0.2, 0.25) is 0 Å². The number of hydrogen-bond acceptors (Lipinski definition) is 4. The average Bonchev–Trinajstić information content (AvgIpc) is 2.13. The van der Waals surface area contributed by atoms with Crippen LogP contribution in [-0.2, 0) is 9.53 Å². The first-order valence-corrected chi connectivity index (χ1v) is 5.55. The van der Waals surface area contributed by atoms with Crippen molar-refractivity contribution in [3.8, 4) is 0 Å². The predicted octanol–water partition coefficient (Wildman–Crippen LogP) is 0.645. The van der Waals surface area contributed by atoms with E-state index in [1.165, 1.54) is 6.92 Å². The van der Waals surface area contributed by atoms with E-state index in [1.54, 1.807) is 0 Å². The van der Waals surface area contributed by atoms with Crippen LogP contribution in [-0.4, -0.2) is 40.4 Å². The van der Waals surface area contributed by atoms with Gasteiger partial charge in [0, 0.05) is 12.8 Å². The molecule has 1 aliphatic rings. The van der Waals surface area contributed by atoms with Crippen molar-refractivity contribution in [1.82, 2.24) is 0 Å². The van der Waals surface area contributed by atoms with Crippen molar-refractivity contribution in [2.24, 2.45) is 0 Å². The van der Waals surface area contributed by atoms with E-state index >= 15 is 0 Å². The van der Waals surface area contributed by atoms with Gasteiger partial charge in [0.2, 0.25) is 0 Å². The fourth-order valence-electron chi connectivity index (χ4n) is 2.00. The van der Waals surface area contributed by atoms with E-state index in [0.29, 0.717) is 6.42 Å². The van der Waals surface area contributed by atoms with Gasteiger partial charge < -0.3 is 14.9 Å². The van der Waals surface area contributed by atoms with Crippen LogP contribution in [0.15, 0.2) is 0 Å². The van der Waals surface area contributed by atoms with Crippen molar-refractivity contribution in [3.63, 3.8) is 0 Å². The second-order valence-corrected chi connectivity index (χ2v) is 4.28. The van der Waals surface area contributed by atoms with Crippen LogP contribution >= 0.6 is 0 Å². The summed E-state index contributed by atoms with van der Waals surface area (Å²) in [5, 5.41) is 19.3. The number of aliphatic hydroxyl groups excluding tert-OH is 2. The third-order valence-electron chi connectivity index (χ3n) is 2.75. The number of ether oxygens (including phenoxy) is 1. The lowest BCUT2D eigenvalue weighted by molar-refractivity contribution is -0.173. The lowest BCUT2D eigenvalue weighted by atomic mass is 9.93. The molecular weight excluding hydrogens is 196 g/mol. The van der Waals surface area contributed by atoms with Crippen LogP contribution < -0.4 is 0 Å². The highest BCUT2D eigenvalue weighted by Crippen LogP contribution is 2.25. The summed E-state index contributed by atoms with van der Waals surface area (Å²) in [5.41, 5.74) is 0. The minimum atomic E-state index is -0.929. The Kier molecular flexibility index (Phi) is 4.70. The summed E-state index contributed by atoms with van der Waals surface area (Å²) in [4.78, 5) is 11.0. The number of carbonyl (C=O) groups is 1. The molecule has 0 spiro atoms. The van der Waals surface area contributed by atoms with Crippen molar-refractivity contribution in [2.45, 2.75) is 63.9 Å². The molecular formula is C11H20O4. The maximum atomic E-state index is 11.0. The number of rotatable bonds is 4. The lowest BCUT2D eigenvalue weighted by Gasteiger charge is -2.36. The molecule has 0 aromatic heterocycles. The topological polar surface area (TPSA) is 66.8 Å². The average molecular weight is 216 g/mol. The Balaban J connectivity index is 2.55. The maximum Gasteiger partial charge on any atom is 0.132 e. The van der Waals surface area contributed by atoms with E-state index in [-0.39, 0.29) is 18.3 Å². The molecule has 1 aliphatic heterocycles. The molecule has 0 saturated carbocycles. The van der Waals surface area contributed by atoms with Crippen LogP contribution in [0, 0.1) is 0 Å². The summed E-state index contributed by atoms with van der Waals surface area (Å²) >= 11 is 0. The highest BCUT2D eigenvalue weighted by atomic mass is 16.5. The van der Waals surface area contributed by atoms with E-state index < -0.39 is 18.3 Å². The normalized spacial score (nSPS) is 36.5. The summed E-state index contributed by atoms with van der Waals surface area (Å²) in [6.07, 6.45) is 0.211. The summed E-state index contributed by atoms with van der Waals surface area (Å²) in [6.45, 7) is 3.51. The quantitative estimate of drug-likeness (QED) is 0.724. The number of aliphatic hydroxyl groups is 2. The Labute approximate surface area is 90.2 Å². The predicted molar refractivity (Wildman–Crippen MR) is 55.5 cm³/mol. The zero-order valence-corrected chi connectivity index (χ0v) is 9.35. The Morgan fingerprint density at radius 2 is 2.13 bits per heavy atom. The van der Waals surface area contributed by atoms with Gasteiger partial charge in [-0.3, -0.25) is 4.79 Å². The van der Waals surface area contributed by atoms with E-state index in [4.69, 9.17) is 4.74 Å². The van der Waals surface area contributed by atoms with Crippen LogP contribution in [0.3, 0.4) is 0 Å². The van der Waals surface area contributed by atoms with Gasteiger partial charge in [-0.15, -0.1) is 0 Å². The molecule has 4 atom stereocenters. The van der Waals surface area contributed by atoms with Crippen molar-refractivity contribution >= 4 is 5.78 Å². The SMILES string of the molecule is CCC[C@H]1C[C@H](O)[C@H](O)[C@@H](CC(C)=O)O1. The van der Waals surface area contributed by atoms with Crippen LogP contribution in [0.25, 0.3) is 0 Å². The zero-order valence-electron chi connectivity index (χ0n) is 9.35. The van der Waals surface area contributed by atoms with E-state index in [0.717, 1.165) is 12.8 Å². The highest BCUT2D eigenvalue weighted by molar-refractivity contribution is 5.76. The Bertz CT molecular complexity index is 217. The molecule has 1 rings (SSSR count). The van der Waals surface area contributed by atoms with Crippen molar-refractivity contribution in [3.05, 3.63) is 0 Å². The summed E-state index contributed by atoms with van der Waals surface area (Å²) in [6, 6.07) is 0. The van der Waals surface area contributed by atoms with Crippen LogP contribution in [0.1, 0.15) is 39.5 Å². The number of Topliss-reactive ketones (excluding diaryl/α,β-unsaturated/α-hetero) is 1. The smallest absolute Gasteiger partial charge is 0.132 e. The first-order valence-electron chi connectivity index (χ1n) is 5.55. The molecule has 0 aromatic rings. The van der Waals surface area contributed by atoms with E-state index in [2.05, 4.69) is 0 Å². The van der Waals surface area contributed by atoms with Gasteiger partial charge in [0.1, 0.15) is 11.9 Å². The summed E-state index contributed by atoms with van der Waals surface area (Å²) in [7, 11) is 0. The van der Waals surface area contributed by atoms with Gasteiger partial charge in [-0.1, -0.05) is 13.3 Å². The van der Waals surface area contributed by atoms with Crippen LogP contribution in [0.5, 0.6) is 0 Å². The fraction of sp³-hybridized carbons (Fsp3) is 0.909. The monoisotopic (exact) mass is 216 g/mol. The van der Waals surface area contributed by atoms with Gasteiger partial charge in [-0.05, 0) is 13.3 Å². The molecule has 1 saturated heterocycles. The molecule has 0 aliphatic carbocycles. The molecule has 0 radical (unpaired) electrons. The Hall–Kier alpha value is -0.450. The van der Waals surface area contributed by atoms with E-state index in [9.17, 15) is 15.0 Å². The molecule has 0 amide bonds. The largest absolute Gasteiger partial charge is 0.390 e. The van der Waals surface area contributed by atoms with Gasteiger partial charge >= 0.3 is 0 Å². The molecule has 15 heavy (non-hydrogen) atoms. The third kappa shape index (κ3) is 3.55. The summed E-state index contributed by atoms with van der Waals surface area (Å²) < 4.78 is 5.59. The van der Waals surface area contributed by atoms with Gasteiger partial charge in [0.15, 0.2) is 0 Å². The molecule has 0 aromatic carbocycles. The molecule has 4 nitrogen and oxygen atoms in total. The molecule has 88 valence electrons. The van der Waals surface area contributed by atoms with Crippen molar-refractivity contribution in [1.29, 1.82) is 0 Å². The van der Waals surface area contributed by atoms with Crippen LogP contribution in [0.4, 0.5) is 0 Å². The Morgan fingerprint density at radius 3 is 2.67 bits per heavy atom. The first-order chi connectivity index (χ1) is 7.04. The van der Waals surface area contributed by atoms with Crippen molar-refractivity contribution in [2.75, 3.05) is 0 Å². The molecule has 0 bridgehead atoms. The molecule has 4 heteroatoms. The fourth-order valence-corrected chi connectivity index (χ4v) is 2.00. The maximum absolute atomic E-state index is 11.0. The number of hydrogen-bond donors (Lipinski definition) is 2. The van der Waals surface area contributed by atoms with Gasteiger partial charge in [0.05, 0.1) is 18.3 Å². The number of ketones is 1. The summed E-state index contributed by atoms with van der Waals surface area (Å²) in [5.74, 6) is -0.0246. The molecule has 2 N–H and O–H groups in total. The second-order valence-electron chi connectivity index (χ2n) is 4.28. The molecule has 1 heterocycles. The Morgan fingerprint density at radius 1 is 1.47 bits per heavy atom. The standard InChI is InChI=1S/C11H20O4/c1-3-4-8-6-9(13)11(14)10(15-8)5-7(2)12/h8-11,13-14H,3-6H2,1-2H3/t8-,9-,10+,11-/m0/s1.